The maximum absolute atomic E-state index is 5.82. The first-order valence-electron chi connectivity index (χ1n) is 5.91. The monoisotopic (exact) mass is 214 g/mol. The van der Waals surface area contributed by atoms with Gasteiger partial charge in [-0.3, -0.25) is 0 Å². The molecule has 0 bridgehead atoms. The van der Waals surface area contributed by atoms with Gasteiger partial charge in [0.05, 0.1) is 0 Å². The lowest BCUT2D eigenvalue weighted by molar-refractivity contribution is 0.558. The SMILES string of the molecule is CC1(C)[C@H](CN)[C@H]1c1ccc2cc[nH]c2c1. The zero-order valence-corrected chi connectivity index (χ0v) is 9.83. The molecule has 0 spiro atoms. The van der Waals surface area contributed by atoms with E-state index >= 15 is 0 Å². The normalized spacial score (nSPS) is 27.2. The van der Waals surface area contributed by atoms with Crippen LogP contribution in [0.4, 0.5) is 0 Å². The topological polar surface area (TPSA) is 41.8 Å². The Bertz CT molecular complexity index is 524. The highest BCUT2D eigenvalue weighted by atomic mass is 14.7. The molecule has 2 aromatic rings. The summed E-state index contributed by atoms with van der Waals surface area (Å²) >= 11 is 0. The second-order valence-corrected chi connectivity index (χ2v) is 5.47. The molecule has 2 nitrogen and oxygen atoms in total. The van der Waals surface area contributed by atoms with Crippen LogP contribution in [0.3, 0.4) is 0 Å². The Balaban J connectivity index is 2.01. The van der Waals surface area contributed by atoms with Gasteiger partial charge in [0.2, 0.25) is 0 Å². The maximum Gasteiger partial charge on any atom is 0.0456 e. The smallest absolute Gasteiger partial charge is 0.0456 e. The van der Waals surface area contributed by atoms with E-state index in [9.17, 15) is 0 Å². The summed E-state index contributed by atoms with van der Waals surface area (Å²) in [6, 6.07) is 8.83. The van der Waals surface area contributed by atoms with Crippen molar-refractivity contribution in [1.29, 1.82) is 0 Å². The second-order valence-electron chi connectivity index (χ2n) is 5.47. The molecule has 0 unspecified atom stereocenters. The number of nitrogens with one attached hydrogen (secondary N) is 1. The summed E-state index contributed by atoms with van der Waals surface area (Å²) in [5, 5.41) is 1.28. The Kier molecular flexibility index (Phi) is 1.93. The number of aromatic amines is 1. The Labute approximate surface area is 95.8 Å². The van der Waals surface area contributed by atoms with Crippen molar-refractivity contribution in [1.82, 2.24) is 4.98 Å². The van der Waals surface area contributed by atoms with Gasteiger partial charge in [-0.2, -0.15) is 0 Å². The number of nitrogens with two attached hydrogens (primary N) is 1. The Morgan fingerprint density at radius 1 is 1.31 bits per heavy atom. The summed E-state index contributed by atoms with van der Waals surface area (Å²) in [7, 11) is 0. The number of aromatic nitrogens is 1. The molecule has 3 rings (SSSR count). The predicted molar refractivity (Wildman–Crippen MR) is 67.4 cm³/mol. The van der Waals surface area contributed by atoms with Crippen LogP contribution in [0.25, 0.3) is 10.9 Å². The van der Waals surface area contributed by atoms with Crippen molar-refractivity contribution < 1.29 is 0 Å². The van der Waals surface area contributed by atoms with Crippen LogP contribution < -0.4 is 5.73 Å². The number of rotatable bonds is 2. The van der Waals surface area contributed by atoms with Crippen LogP contribution in [0, 0.1) is 11.3 Å². The molecule has 0 aliphatic heterocycles. The molecule has 1 aliphatic carbocycles. The molecular formula is C14H18N2. The molecule has 0 saturated heterocycles. The molecule has 16 heavy (non-hydrogen) atoms. The zero-order valence-electron chi connectivity index (χ0n) is 9.83. The minimum atomic E-state index is 0.370. The number of fused-ring (bicyclic) bond motifs is 1. The zero-order chi connectivity index (χ0) is 11.3. The van der Waals surface area contributed by atoms with E-state index in [1.807, 2.05) is 6.20 Å². The Hall–Kier alpha value is -1.28. The molecule has 1 aliphatic rings. The molecule has 3 N–H and O–H groups in total. The fraction of sp³-hybridized carbons (Fsp3) is 0.429. The average molecular weight is 214 g/mol. The number of H-pyrrole nitrogens is 1. The van der Waals surface area contributed by atoms with Crippen LogP contribution in [0.15, 0.2) is 30.5 Å². The standard InChI is InChI=1S/C14H18N2/c1-14(2)11(8-15)13(14)10-4-3-9-5-6-16-12(9)7-10/h3-7,11,13,16H,8,15H2,1-2H3/t11-,13-/m1/s1. The van der Waals surface area contributed by atoms with E-state index in [0.29, 0.717) is 17.3 Å². The van der Waals surface area contributed by atoms with Gasteiger partial charge in [0.15, 0.2) is 0 Å². The summed E-state index contributed by atoms with van der Waals surface area (Å²) < 4.78 is 0. The Morgan fingerprint density at radius 3 is 2.81 bits per heavy atom. The molecule has 0 amide bonds. The first-order chi connectivity index (χ1) is 7.64. The summed E-state index contributed by atoms with van der Waals surface area (Å²) in [6.07, 6.45) is 1.99. The van der Waals surface area contributed by atoms with Crippen molar-refractivity contribution in [3.8, 4) is 0 Å². The third-order valence-electron chi connectivity index (χ3n) is 4.24. The van der Waals surface area contributed by atoms with Crippen LogP contribution in [0.1, 0.15) is 25.3 Å². The van der Waals surface area contributed by atoms with Crippen LogP contribution in [0.2, 0.25) is 0 Å². The lowest BCUT2D eigenvalue weighted by Crippen LogP contribution is -2.05. The van der Waals surface area contributed by atoms with Crippen molar-refractivity contribution in [2.45, 2.75) is 19.8 Å². The summed E-state index contributed by atoms with van der Waals surface area (Å²) in [4.78, 5) is 3.27. The van der Waals surface area contributed by atoms with Crippen LogP contribution in [-0.2, 0) is 0 Å². The fourth-order valence-corrected chi connectivity index (χ4v) is 3.10. The number of hydrogen-bond donors (Lipinski definition) is 2. The molecule has 1 aromatic heterocycles. The van der Waals surface area contributed by atoms with Gasteiger partial charge < -0.3 is 10.7 Å². The summed E-state index contributed by atoms with van der Waals surface area (Å²) in [5.41, 5.74) is 8.85. The minimum Gasteiger partial charge on any atom is -0.361 e. The predicted octanol–water partition coefficient (Wildman–Crippen LogP) is 2.87. The quantitative estimate of drug-likeness (QED) is 0.793. The fourth-order valence-electron chi connectivity index (χ4n) is 3.10. The molecule has 1 fully saturated rings. The van der Waals surface area contributed by atoms with Crippen LogP contribution >= 0.6 is 0 Å². The molecule has 2 heteroatoms. The van der Waals surface area contributed by atoms with Gasteiger partial charge in [0.1, 0.15) is 0 Å². The van der Waals surface area contributed by atoms with Gasteiger partial charge in [-0.15, -0.1) is 0 Å². The van der Waals surface area contributed by atoms with Crippen molar-refractivity contribution in [3.63, 3.8) is 0 Å². The van der Waals surface area contributed by atoms with E-state index in [-0.39, 0.29) is 0 Å². The molecule has 84 valence electrons. The minimum absolute atomic E-state index is 0.370. The first-order valence-corrected chi connectivity index (χ1v) is 5.91. The summed E-state index contributed by atoms with van der Waals surface area (Å²) in [6.45, 7) is 5.42. The van der Waals surface area contributed by atoms with Gasteiger partial charge in [-0.05, 0) is 46.9 Å². The molecule has 2 atom stereocenters. The van der Waals surface area contributed by atoms with Crippen molar-refractivity contribution in [2.75, 3.05) is 6.54 Å². The van der Waals surface area contributed by atoms with E-state index in [1.54, 1.807) is 0 Å². The van der Waals surface area contributed by atoms with Gasteiger partial charge in [0, 0.05) is 11.7 Å². The van der Waals surface area contributed by atoms with Gasteiger partial charge in [-0.25, -0.2) is 0 Å². The van der Waals surface area contributed by atoms with Crippen LogP contribution in [0.5, 0.6) is 0 Å². The van der Waals surface area contributed by atoms with Gasteiger partial charge in [0.25, 0.3) is 0 Å². The van der Waals surface area contributed by atoms with Gasteiger partial charge >= 0.3 is 0 Å². The molecular weight excluding hydrogens is 196 g/mol. The molecule has 1 saturated carbocycles. The highest BCUT2D eigenvalue weighted by Crippen LogP contribution is 2.63. The lowest BCUT2D eigenvalue weighted by atomic mass is 10.0. The Morgan fingerprint density at radius 2 is 2.12 bits per heavy atom. The number of benzene rings is 1. The molecule has 0 radical (unpaired) electrons. The first kappa shape index (κ1) is 9.91. The third-order valence-corrected chi connectivity index (χ3v) is 4.24. The van der Waals surface area contributed by atoms with E-state index in [4.69, 9.17) is 5.73 Å². The van der Waals surface area contributed by atoms with E-state index in [2.05, 4.69) is 43.1 Å². The van der Waals surface area contributed by atoms with Crippen molar-refractivity contribution in [2.24, 2.45) is 17.1 Å². The highest BCUT2D eigenvalue weighted by molar-refractivity contribution is 5.80. The number of hydrogen-bond acceptors (Lipinski definition) is 1. The average Bonchev–Trinajstić information content (AvgIpc) is 2.62. The van der Waals surface area contributed by atoms with Crippen molar-refractivity contribution >= 4 is 10.9 Å². The molecule has 1 heterocycles. The highest BCUT2D eigenvalue weighted by Gasteiger charge is 2.57. The lowest BCUT2D eigenvalue weighted by Gasteiger charge is -2.03. The van der Waals surface area contributed by atoms with E-state index in [1.165, 1.54) is 16.5 Å². The summed E-state index contributed by atoms with van der Waals surface area (Å²) in [5.74, 6) is 1.27. The second kappa shape index (κ2) is 3.11. The van der Waals surface area contributed by atoms with E-state index < -0.39 is 0 Å². The van der Waals surface area contributed by atoms with Crippen molar-refractivity contribution in [3.05, 3.63) is 36.0 Å². The van der Waals surface area contributed by atoms with Crippen LogP contribution in [-0.4, -0.2) is 11.5 Å². The van der Waals surface area contributed by atoms with E-state index in [0.717, 1.165) is 6.54 Å². The van der Waals surface area contributed by atoms with Gasteiger partial charge in [-0.1, -0.05) is 26.0 Å². The third kappa shape index (κ3) is 1.23. The largest absolute Gasteiger partial charge is 0.361 e. The maximum atomic E-state index is 5.82. The molecule has 1 aromatic carbocycles.